The predicted molar refractivity (Wildman–Crippen MR) is 59.9 cm³/mol. The minimum atomic E-state index is -0.208. The number of benzene rings is 1. The van der Waals surface area contributed by atoms with E-state index < -0.39 is 0 Å². The van der Waals surface area contributed by atoms with E-state index in [9.17, 15) is 4.39 Å². The van der Waals surface area contributed by atoms with Crippen LogP contribution in [0.25, 0.3) is 11.3 Å². The Morgan fingerprint density at radius 3 is 2.79 bits per heavy atom. The van der Waals surface area contributed by atoms with Gasteiger partial charge in [-0.25, -0.2) is 9.37 Å². The Morgan fingerprint density at radius 1 is 1.43 bits per heavy atom. The molecule has 0 bridgehead atoms. The number of nitrogens with zero attached hydrogens (tertiary/aromatic N) is 1. The molecule has 1 aromatic carbocycles. The minimum absolute atomic E-state index is 0.208. The Hall–Kier alpha value is -0.740. The molecule has 2 aromatic rings. The first-order valence-corrected chi connectivity index (χ1v) is 5.71. The fourth-order valence-electron chi connectivity index (χ4n) is 1.29. The Kier molecular flexibility index (Phi) is 2.65. The van der Waals surface area contributed by atoms with Gasteiger partial charge in [-0.3, -0.25) is 0 Å². The number of aromatic nitrogens is 1. The largest absolute Gasteiger partial charge is 0.229 e. The second kappa shape index (κ2) is 3.79. The van der Waals surface area contributed by atoms with E-state index in [1.54, 1.807) is 6.07 Å². The molecule has 2 rings (SSSR count). The molecule has 0 aliphatic carbocycles. The number of hydrogen-bond donors (Lipinski definition) is 0. The van der Waals surface area contributed by atoms with E-state index in [4.69, 9.17) is 0 Å². The van der Waals surface area contributed by atoms with Gasteiger partial charge in [0.1, 0.15) is 5.82 Å². The number of thiazole rings is 1. The lowest BCUT2D eigenvalue weighted by Gasteiger charge is -2.01. The van der Waals surface area contributed by atoms with Crippen LogP contribution in [0.5, 0.6) is 0 Å². The number of aryl methyl sites for hydroxylation is 1. The molecule has 72 valence electrons. The molecule has 1 nitrogen and oxygen atoms in total. The van der Waals surface area contributed by atoms with Gasteiger partial charge in [-0.1, -0.05) is 0 Å². The van der Waals surface area contributed by atoms with Crippen molar-refractivity contribution in [3.63, 3.8) is 0 Å². The molecule has 4 heteroatoms. The van der Waals surface area contributed by atoms with E-state index in [0.717, 1.165) is 20.7 Å². The standard InChI is InChI=1S/C10H7BrFNS/c1-6-4-7(12)2-3-8(6)9-5-14-10(11)13-9/h2-5H,1H3. The molecular formula is C10H7BrFNS. The van der Waals surface area contributed by atoms with Crippen molar-refractivity contribution in [1.82, 2.24) is 4.98 Å². The van der Waals surface area contributed by atoms with Crippen LogP contribution in [0.3, 0.4) is 0 Å². The lowest BCUT2D eigenvalue weighted by Crippen LogP contribution is -1.84. The van der Waals surface area contributed by atoms with Gasteiger partial charge >= 0.3 is 0 Å². The van der Waals surface area contributed by atoms with E-state index >= 15 is 0 Å². The normalized spacial score (nSPS) is 10.5. The molecule has 0 aliphatic rings. The molecule has 0 saturated carbocycles. The van der Waals surface area contributed by atoms with Gasteiger partial charge in [0.15, 0.2) is 3.92 Å². The first-order valence-electron chi connectivity index (χ1n) is 4.04. The van der Waals surface area contributed by atoms with E-state index in [-0.39, 0.29) is 5.82 Å². The monoisotopic (exact) mass is 271 g/mol. The highest BCUT2D eigenvalue weighted by atomic mass is 79.9. The Labute approximate surface area is 93.7 Å². The van der Waals surface area contributed by atoms with E-state index in [1.165, 1.54) is 23.5 Å². The second-order valence-corrected chi connectivity index (χ2v) is 5.08. The summed E-state index contributed by atoms with van der Waals surface area (Å²) in [6, 6.07) is 4.73. The van der Waals surface area contributed by atoms with Gasteiger partial charge < -0.3 is 0 Å². The zero-order valence-electron chi connectivity index (χ0n) is 7.42. The fourth-order valence-corrected chi connectivity index (χ4v) is 2.30. The number of rotatable bonds is 1. The lowest BCUT2D eigenvalue weighted by atomic mass is 10.1. The van der Waals surface area contributed by atoms with Crippen molar-refractivity contribution >= 4 is 27.3 Å². The van der Waals surface area contributed by atoms with Crippen molar-refractivity contribution in [3.05, 3.63) is 38.9 Å². The quantitative estimate of drug-likeness (QED) is 0.764. The first-order chi connectivity index (χ1) is 6.66. The summed E-state index contributed by atoms with van der Waals surface area (Å²) in [7, 11) is 0. The topological polar surface area (TPSA) is 12.9 Å². The molecule has 1 aromatic heterocycles. The average Bonchev–Trinajstić information content (AvgIpc) is 2.51. The average molecular weight is 272 g/mol. The van der Waals surface area contributed by atoms with Crippen molar-refractivity contribution in [1.29, 1.82) is 0 Å². The maximum absolute atomic E-state index is 12.8. The molecule has 0 aliphatic heterocycles. The third-order valence-corrected chi connectivity index (χ3v) is 3.31. The van der Waals surface area contributed by atoms with E-state index in [0.29, 0.717) is 0 Å². The molecule has 1 heterocycles. The Balaban J connectivity index is 2.52. The van der Waals surface area contributed by atoms with E-state index in [1.807, 2.05) is 12.3 Å². The third-order valence-electron chi connectivity index (χ3n) is 1.94. The maximum atomic E-state index is 12.8. The first kappa shape index (κ1) is 9.80. The van der Waals surface area contributed by atoms with Crippen LogP contribution >= 0.6 is 27.3 Å². The molecule has 0 N–H and O–H groups in total. The molecule has 0 saturated heterocycles. The number of halogens is 2. The van der Waals surface area contributed by atoms with Crippen molar-refractivity contribution < 1.29 is 4.39 Å². The van der Waals surface area contributed by atoms with E-state index in [2.05, 4.69) is 20.9 Å². The maximum Gasteiger partial charge on any atom is 0.159 e. The van der Waals surface area contributed by atoms with Crippen molar-refractivity contribution in [2.75, 3.05) is 0 Å². The van der Waals surface area contributed by atoms with Gasteiger partial charge in [-0.05, 0) is 46.6 Å². The Bertz CT molecular complexity index is 467. The fraction of sp³-hybridized carbons (Fsp3) is 0.100. The molecule has 0 amide bonds. The van der Waals surface area contributed by atoms with Crippen molar-refractivity contribution in [2.45, 2.75) is 6.92 Å². The Morgan fingerprint density at radius 2 is 2.21 bits per heavy atom. The summed E-state index contributed by atoms with van der Waals surface area (Å²) in [5, 5.41) is 1.95. The molecule has 0 spiro atoms. The highest BCUT2D eigenvalue weighted by Crippen LogP contribution is 2.27. The highest BCUT2D eigenvalue weighted by molar-refractivity contribution is 9.11. The van der Waals surface area contributed by atoms with Crippen molar-refractivity contribution in [2.24, 2.45) is 0 Å². The van der Waals surface area contributed by atoms with Crippen LogP contribution < -0.4 is 0 Å². The summed E-state index contributed by atoms with van der Waals surface area (Å²) in [6.45, 7) is 1.88. The SMILES string of the molecule is Cc1cc(F)ccc1-c1csc(Br)n1. The summed E-state index contributed by atoms with van der Waals surface area (Å²) in [5.74, 6) is -0.208. The van der Waals surface area contributed by atoms with Crippen LogP contribution in [0.15, 0.2) is 27.5 Å². The predicted octanol–water partition coefficient (Wildman–Crippen LogP) is 4.02. The van der Waals surface area contributed by atoms with Crippen molar-refractivity contribution in [3.8, 4) is 11.3 Å². The van der Waals surface area contributed by atoms with Gasteiger partial charge in [0.25, 0.3) is 0 Å². The van der Waals surface area contributed by atoms with Gasteiger partial charge in [-0.2, -0.15) is 0 Å². The van der Waals surface area contributed by atoms with Gasteiger partial charge in [0.2, 0.25) is 0 Å². The van der Waals surface area contributed by atoms with Crippen LogP contribution in [0.4, 0.5) is 4.39 Å². The summed E-state index contributed by atoms with van der Waals surface area (Å²) in [6.07, 6.45) is 0. The van der Waals surface area contributed by atoms with Gasteiger partial charge in [-0.15, -0.1) is 11.3 Å². The molecule has 14 heavy (non-hydrogen) atoms. The zero-order chi connectivity index (χ0) is 10.1. The number of hydrogen-bond acceptors (Lipinski definition) is 2. The second-order valence-electron chi connectivity index (χ2n) is 2.94. The molecule has 0 atom stereocenters. The summed E-state index contributed by atoms with van der Waals surface area (Å²) < 4.78 is 13.7. The summed E-state index contributed by atoms with van der Waals surface area (Å²) in [4.78, 5) is 4.28. The highest BCUT2D eigenvalue weighted by Gasteiger charge is 2.06. The lowest BCUT2D eigenvalue weighted by molar-refractivity contribution is 0.627. The van der Waals surface area contributed by atoms with Crippen LogP contribution in [-0.4, -0.2) is 4.98 Å². The summed E-state index contributed by atoms with van der Waals surface area (Å²) in [5.41, 5.74) is 2.77. The van der Waals surface area contributed by atoms with Crippen LogP contribution in [0.1, 0.15) is 5.56 Å². The third kappa shape index (κ3) is 1.86. The zero-order valence-corrected chi connectivity index (χ0v) is 9.82. The molecular weight excluding hydrogens is 265 g/mol. The van der Waals surface area contributed by atoms with Gasteiger partial charge in [0, 0.05) is 10.9 Å². The molecule has 0 fully saturated rings. The smallest absolute Gasteiger partial charge is 0.159 e. The molecule has 0 unspecified atom stereocenters. The molecule has 0 radical (unpaired) electrons. The van der Waals surface area contributed by atoms with Crippen LogP contribution in [0.2, 0.25) is 0 Å². The minimum Gasteiger partial charge on any atom is -0.229 e. The summed E-state index contributed by atoms with van der Waals surface area (Å²) >= 11 is 4.83. The van der Waals surface area contributed by atoms with Gasteiger partial charge in [0.05, 0.1) is 5.69 Å². The van der Waals surface area contributed by atoms with Crippen LogP contribution in [0, 0.1) is 12.7 Å². The van der Waals surface area contributed by atoms with Crippen LogP contribution in [-0.2, 0) is 0 Å².